The molecule has 2 aromatic rings. The van der Waals surface area contributed by atoms with Crippen LogP contribution in [0.25, 0.3) is 16.8 Å². The van der Waals surface area contributed by atoms with E-state index in [1.165, 1.54) is 18.2 Å². The fourth-order valence-electron chi connectivity index (χ4n) is 1.83. The first-order chi connectivity index (χ1) is 8.52. The SMILES string of the molecule is C=Cc1cc(N)cc2ccc(F)c(OC(F)F)c12. The van der Waals surface area contributed by atoms with E-state index in [0.717, 1.165) is 6.07 Å². The number of halogens is 3. The van der Waals surface area contributed by atoms with E-state index in [-0.39, 0.29) is 5.39 Å². The summed E-state index contributed by atoms with van der Waals surface area (Å²) in [5.41, 5.74) is 6.54. The van der Waals surface area contributed by atoms with Gasteiger partial charge >= 0.3 is 6.61 Å². The molecular weight excluding hydrogens is 243 g/mol. The van der Waals surface area contributed by atoms with Gasteiger partial charge in [0.2, 0.25) is 0 Å². The third kappa shape index (κ3) is 2.11. The van der Waals surface area contributed by atoms with Crippen molar-refractivity contribution >= 4 is 22.5 Å². The summed E-state index contributed by atoms with van der Waals surface area (Å²) in [6, 6.07) is 5.59. The molecular formula is C13H10F3NO. The van der Waals surface area contributed by atoms with E-state index in [1.807, 2.05) is 0 Å². The highest BCUT2D eigenvalue weighted by molar-refractivity contribution is 5.97. The average Bonchev–Trinajstić information content (AvgIpc) is 2.31. The molecule has 0 aliphatic carbocycles. The summed E-state index contributed by atoms with van der Waals surface area (Å²) in [7, 11) is 0. The molecule has 5 heteroatoms. The van der Waals surface area contributed by atoms with Crippen LogP contribution >= 0.6 is 0 Å². The summed E-state index contributed by atoms with van der Waals surface area (Å²) in [6.07, 6.45) is 1.41. The third-order valence-electron chi connectivity index (χ3n) is 2.50. The van der Waals surface area contributed by atoms with Gasteiger partial charge in [-0.15, -0.1) is 0 Å². The number of fused-ring (bicyclic) bond motifs is 1. The van der Waals surface area contributed by atoms with Gasteiger partial charge in [-0.3, -0.25) is 0 Å². The van der Waals surface area contributed by atoms with Crippen LogP contribution in [-0.2, 0) is 0 Å². The largest absolute Gasteiger partial charge is 0.431 e. The number of benzene rings is 2. The van der Waals surface area contributed by atoms with Crippen molar-refractivity contribution in [2.24, 2.45) is 0 Å². The van der Waals surface area contributed by atoms with E-state index in [1.54, 1.807) is 6.07 Å². The lowest BCUT2D eigenvalue weighted by molar-refractivity contribution is -0.0510. The van der Waals surface area contributed by atoms with Gasteiger partial charge in [-0.25, -0.2) is 4.39 Å². The summed E-state index contributed by atoms with van der Waals surface area (Å²) in [4.78, 5) is 0. The minimum atomic E-state index is -3.10. The standard InChI is InChI=1S/C13H10F3NO/c1-2-7-5-9(17)6-8-3-4-10(14)12(11(7)8)18-13(15)16/h2-6,13H,1,17H2. The molecule has 0 atom stereocenters. The van der Waals surface area contributed by atoms with Gasteiger partial charge in [-0.2, -0.15) is 8.78 Å². The third-order valence-corrected chi connectivity index (χ3v) is 2.50. The molecule has 0 spiro atoms. The predicted octanol–water partition coefficient (Wildman–Crippen LogP) is 3.81. The first-order valence-corrected chi connectivity index (χ1v) is 5.12. The lowest BCUT2D eigenvalue weighted by Gasteiger charge is -2.12. The molecule has 2 N–H and O–H groups in total. The zero-order valence-electron chi connectivity index (χ0n) is 9.29. The zero-order chi connectivity index (χ0) is 13.3. The van der Waals surface area contributed by atoms with Gasteiger partial charge < -0.3 is 10.5 Å². The second kappa shape index (κ2) is 4.60. The molecule has 0 aliphatic rings. The smallest absolute Gasteiger partial charge is 0.387 e. The summed E-state index contributed by atoms with van der Waals surface area (Å²) >= 11 is 0. The highest BCUT2D eigenvalue weighted by Gasteiger charge is 2.16. The number of rotatable bonds is 3. The van der Waals surface area contributed by atoms with E-state index in [9.17, 15) is 13.2 Å². The fourth-order valence-corrected chi connectivity index (χ4v) is 1.83. The Balaban J connectivity index is 2.81. The number of nitrogen functional groups attached to an aromatic ring is 1. The summed E-state index contributed by atoms with van der Waals surface area (Å²) < 4.78 is 42.4. The Morgan fingerprint density at radius 2 is 2.00 bits per heavy atom. The normalized spacial score (nSPS) is 10.9. The number of anilines is 1. The Labute approximate surface area is 101 Å². The number of nitrogens with two attached hydrogens (primary N) is 1. The molecule has 0 fully saturated rings. The minimum absolute atomic E-state index is 0.236. The molecule has 18 heavy (non-hydrogen) atoms. The Morgan fingerprint density at radius 3 is 2.61 bits per heavy atom. The van der Waals surface area contributed by atoms with Crippen molar-refractivity contribution in [3.63, 3.8) is 0 Å². The Bertz CT molecular complexity index is 611. The van der Waals surface area contributed by atoms with E-state index in [0.29, 0.717) is 16.6 Å². The van der Waals surface area contributed by atoms with Gasteiger partial charge in [0.1, 0.15) is 0 Å². The van der Waals surface area contributed by atoms with Crippen LogP contribution < -0.4 is 10.5 Å². The van der Waals surface area contributed by atoms with Crippen LogP contribution in [0.2, 0.25) is 0 Å². The monoisotopic (exact) mass is 253 g/mol. The highest BCUT2D eigenvalue weighted by Crippen LogP contribution is 2.34. The molecule has 0 amide bonds. The van der Waals surface area contributed by atoms with E-state index < -0.39 is 18.2 Å². The van der Waals surface area contributed by atoms with Gasteiger partial charge in [0.05, 0.1) is 0 Å². The van der Waals surface area contributed by atoms with Gasteiger partial charge in [0.15, 0.2) is 11.6 Å². The van der Waals surface area contributed by atoms with Gasteiger partial charge in [-0.05, 0) is 29.1 Å². The number of ether oxygens (including phenoxy) is 1. The molecule has 0 aromatic heterocycles. The van der Waals surface area contributed by atoms with Crippen LogP contribution in [0.4, 0.5) is 18.9 Å². The molecule has 2 rings (SSSR count). The lowest BCUT2D eigenvalue weighted by Crippen LogP contribution is -2.05. The maximum atomic E-state index is 13.6. The molecule has 0 saturated heterocycles. The maximum absolute atomic E-state index is 13.6. The highest BCUT2D eigenvalue weighted by atomic mass is 19.3. The summed E-state index contributed by atoms with van der Waals surface area (Å²) in [5, 5.41) is 0.751. The molecule has 0 heterocycles. The molecule has 0 saturated carbocycles. The van der Waals surface area contributed by atoms with E-state index >= 15 is 0 Å². The van der Waals surface area contributed by atoms with Crippen LogP contribution in [0, 0.1) is 5.82 Å². The lowest BCUT2D eigenvalue weighted by atomic mass is 10.0. The minimum Gasteiger partial charge on any atom is -0.431 e. The Morgan fingerprint density at radius 1 is 1.28 bits per heavy atom. The molecule has 0 aliphatic heterocycles. The second-order valence-electron chi connectivity index (χ2n) is 3.67. The summed E-state index contributed by atoms with van der Waals surface area (Å²) in [6.45, 7) is 0.454. The number of hydrogen-bond donors (Lipinski definition) is 1. The first kappa shape index (κ1) is 12.3. The predicted molar refractivity (Wildman–Crippen MR) is 65.0 cm³/mol. The van der Waals surface area contributed by atoms with Crippen molar-refractivity contribution in [1.29, 1.82) is 0 Å². The maximum Gasteiger partial charge on any atom is 0.387 e. The molecule has 0 unspecified atom stereocenters. The second-order valence-corrected chi connectivity index (χ2v) is 3.67. The van der Waals surface area contributed by atoms with Crippen LogP contribution in [0.5, 0.6) is 5.75 Å². The van der Waals surface area contributed by atoms with E-state index in [2.05, 4.69) is 11.3 Å². The molecule has 2 aromatic carbocycles. The summed E-state index contributed by atoms with van der Waals surface area (Å²) in [5.74, 6) is -1.34. The van der Waals surface area contributed by atoms with Crippen molar-refractivity contribution in [2.75, 3.05) is 5.73 Å². The Kier molecular flexibility index (Phi) is 3.14. The Hall–Kier alpha value is -2.17. The molecule has 2 nitrogen and oxygen atoms in total. The quantitative estimate of drug-likeness (QED) is 0.844. The molecule has 0 bridgehead atoms. The van der Waals surface area contributed by atoms with Crippen molar-refractivity contribution in [3.05, 3.63) is 42.2 Å². The van der Waals surface area contributed by atoms with Crippen LogP contribution in [-0.4, -0.2) is 6.61 Å². The molecule has 94 valence electrons. The average molecular weight is 253 g/mol. The first-order valence-electron chi connectivity index (χ1n) is 5.12. The van der Waals surface area contributed by atoms with Crippen molar-refractivity contribution in [1.82, 2.24) is 0 Å². The van der Waals surface area contributed by atoms with Gasteiger partial charge in [0, 0.05) is 11.1 Å². The van der Waals surface area contributed by atoms with Crippen molar-refractivity contribution in [2.45, 2.75) is 6.61 Å². The van der Waals surface area contributed by atoms with Crippen LogP contribution in [0.1, 0.15) is 5.56 Å². The zero-order valence-corrected chi connectivity index (χ0v) is 9.29. The van der Waals surface area contributed by atoms with Gasteiger partial charge in [-0.1, -0.05) is 18.7 Å². The van der Waals surface area contributed by atoms with Gasteiger partial charge in [0.25, 0.3) is 0 Å². The van der Waals surface area contributed by atoms with Crippen molar-refractivity contribution < 1.29 is 17.9 Å². The van der Waals surface area contributed by atoms with Crippen LogP contribution in [0.3, 0.4) is 0 Å². The molecule has 0 radical (unpaired) electrons. The number of alkyl halides is 2. The van der Waals surface area contributed by atoms with Crippen molar-refractivity contribution in [3.8, 4) is 5.75 Å². The van der Waals surface area contributed by atoms with E-state index in [4.69, 9.17) is 5.73 Å². The topological polar surface area (TPSA) is 35.2 Å². The van der Waals surface area contributed by atoms with Crippen LogP contribution in [0.15, 0.2) is 30.8 Å². The fraction of sp³-hybridized carbons (Fsp3) is 0.0769. The number of hydrogen-bond acceptors (Lipinski definition) is 2.